The molecule has 8 heteroatoms. The minimum Gasteiger partial charge on any atom is -0.497 e. The van der Waals surface area contributed by atoms with Crippen LogP contribution in [0.5, 0.6) is 5.75 Å². The summed E-state index contributed by atoms with van der Waals surface area (Å²) in [6, 6.07) is 7.75. The van der Waals surface area contributed by atoms with Crippen LogP contribution in [0, 0.1) is 0 Å². The summed E-state index contributed by atoms with van der Waals surface area (Å²) in [4.78, 5) is 23.3. The predicted octanol–water partition coefficient (Wildman–Crippen LogP) is 1.33. The van der Waals surface area contributed by atoms with Crippen molar-refractivity contribution in [2.75, 3.05) is 66.1 Å². The smallest absolute Gasteiger partial charge is 0.236 e. The lowest BCUT2D eigenvalue weighted by Crippen LogP contribution is -2.51. The lowest BCUT2D eigenvalue weighted by Gasteiger charge is -2.35. The molecule has 2 fully saturated rings. The van der Waals surface area contributed by atoms with Gasteiger partial charge in [-0.25, -0.2) is 4.98 Å². The number of hydrogen-bond donors (Lipinski definition) is 0. The van der Waals surface area contributed by atoms with Crippen molar-refractivity contribution in [2.24, 2.45) is 0 Å². The molecule has 0 spiro atoms. The van der Waals surface area contributed by atoms with Crippen LogP contribution in [0.4, 0.5) is 0 Å². The molecule has 0 aliphatic carbocycles. The number of methoxy groups -OCH3 is 1. The molecule has 0 radical (unpaired) electrons. The van der Waals surface area contributed by atoms with Crippen LogP contribution in [-0.4, -0.2) is 91.7 Å². The van der Waals surface area contributed by atoms with Crippen molar-refractivity contribution in [3.8, 4) is 17.1 Å². The molecule has 3 heterocycles. The van der Waals surface area contributed by atoms with E-state index in [0.29, 0.717) is 45.3 Å². The van der Waals surface area contributed by atoms with Gasteiger partial charge in [-0.1, -0.05) is 0 Å². The van der Waals surface area contributed by atoms with Crippen molar-refractivity contribution >= 4 is 5.91 Å². The van der Waals surface area contributed by atoms with Crippen LogP contribution in [-0.2, 0) is 16.1 Å². The molecule has 0 atom stereocenters. The Balaban J connectivity index is 1.24. The number of carbonyl (C=O) groups is 1. The Kier molecular flexibility index (Phi) is 6.43. The van der Waals surface area contributed by atoms with Gasteiger partial charge in [-0.15, -0.1) is 0 Å². The monoisotopic (exact) mass is 400 g/mol. The summed E-state index contributed by atoms with van der Waals surface area (Å²) >= 11 is 0. The Bertz CT molecular complexity index is 793. The van der Waals surface area contributed by atoms with E-state index in [2.05, 4.69) is 14.8 Å². The maximum absolute atomic E-state index is 12.4. The fourth-order valence-corrected chi connectivity index (χ4v) is 3.67. The van der Waals surface area contributed by atoms with Gasteiger partial charge in [-0.3, -0.25) is 14.6 Å². The number of ether oxygens (including phenoxy) is 2. The molecule has 1 amide bonds. The minimum absolute atomic E-state index is 0.207. The van der Waals surface area contributed by atoms with Crippen molar-refractivity contribution in [1.82, 2.24) is 19.7 Å². The second-order valence-corrected chi connectivity index (χ2v) is 7.39. The standard InChI is InChI=1S/C21H28N4O4/c1-27-18-4-2-17(3-5-18)19-14-22-20(29-19)15-23-6-8-24(9-7-23)16-21(26)25-10-12-28-13-11-25/h2-5,14H,6-13,15-16H2,1H3. The molecule has 0 saturated carbocycles. The van der Waals surface area contributed by atoms with E-state index in [9.17, 15) is 4.79 Å². The normalized spacial score (nSPS) is 18.7. The first-order valence-corrected chi connectivity index (χ1v) is 10.1. The number of nitrogens with zero attached hydrogens (tertiary/aromatic N) is 4. The number of morpholine rings is 1. The lowest BCUT2D eigenvalue weighted by molar-refractivity contribution is -0.136. The number of aromatic nitrogens is 1. The molecule has 2 aliphatic rings. The molecule has 1 aromatic carbocycles. The number of carbonyl (C=O) groups excluding carboxylic acids is 1. The van der Waals surface area contributed by atoms with E-state index in [1.165, 1.54) is 0 Å². The molecule has 2 aliphatic heterocycles. The van der Waals surface area contributed by atoms with Gasteiger partial charge in [0.25, 0.3) is 0 Å². The Labute approximate surface area is 171 Å². The summed E-state index contributed by atoms with van der Waals surface area (Å²) in [5.74, 6) is 2.50. The van der Waals surface area contributed by atoms with Crippen LogP contribution < -0.4 is 4.74 Å². The average molecular weight is 400 g/mol. The van der Waals surface area contributed by atoms with Crippen molar-refractivity contribution in [2.45, 2.75) is 6.54 Å². The first kappa shape index (κ1) is 19.9. The van der Waals surface area contributed by atoms with Gasteiger partial charge >= 0.3 is 0 Å². The van der Waals surface area contributed by atoms with Crippen LogP contribution in [0.1, 0.15) is 5.89 Å². The number of piperazine rings is 1. The number of hydrogen-bond acceptors (Lipinski definition) is 7. The van der Waals surface area contributed by atoms with Gasteiger partial charge in [0.05, 0.1) is 39.6 Å². The predicted molar refractivity (Wildman–Crippen MR) is 108 cm³/mol. The molecular formula is C21H28N4O4. The second kappa shape index (κ2) is 9.39. The molecule has 2 aromatic rings. The van der Waals surface area contributed by atoms with Gasteiger partial charge in [0.1, 0.15) is 5.75 Å². The molecular weight excluding hydrogens is 372 g/mol. The number of rotatable bonds is 6. The highest BCUT2D eigenvalue weighted by atomic mass is 16.5. The molecule has 156 valence electrons. The van der Waals surface area contributed by atoms with E-state index < -0.39 is 0 Å². The third-order valence-corrected chi connectivity index (χ3v) is 5.47. The van der Waals surface area contributed by atoms with E-state index in [4.69, 9.17) is 13.9 Å². The molecule has 29 heavy (non-hydrogen) atoms. The third kappa shape index (κ3) is 5.14. The number of benzene rings is 1. The highest BCUT2D eigenvalue weighted by Crippen LogP contribution is 2.23. The van der Waals surface area contributed by atoms with Gasteiger partial charge in [0, 0.05) is 44.8 Å². The quantitative estimate of drug-likeness (QED) is 0.724. The first-order chi connectivity index (χ1) is 14.2. The van der Waals surface area contributed by atoms with Gasteiger partial charge in [0.15, 0.2) is 5.76 Å². The van der Waals surface area contributed by atoms with Gasteiger partial charge in [-0.05, 0) is 24.3 Å². The van der Waals surface area contributed by atoms with Crippen molar-refractivity contribution < 1.29 is 18.7 Å². The van der Waals surface area contributed by atoms with Gasteiger partial charge in [0.2, 0.25) is 11.8 Å². The number of amides is 1. The number of oxazole rings is 1. The van der Waals surface area contributed by atoms with Crippen LogP contribution in [0.2, 0.25) is 0 Å². The third-order valence-electron chi connectivity index (χ3n) is 5.47. The van der Waals surface area contributed by atoms with E-state index in [0.717, 1.165) is 43.3 Å². The van der Waals surface area contributed by atoms with Crippen molar-refractivity contribution in [1.29, 1.82) is 0 Å². The molecule has 4 rings (SSSR count). The molecule has 1 aromatic heterocycles. The summed E-state index contributed by atoms with van der Waals surface area (Å²) in [5.41, 5.74) is 0.982. The molecule has 2 saturated heterocycles. The van der Waals surface area contributed by atoms with E-state index in [1.54, 1.807) is 13.3 Å². The van der Waals surface area contributed by atoms with Crippen LogP contribution in [0.3, 0.4) is 0 Å². The van der Waals surface area contributed by atoms with Crippen LogP contribution >= 0.6 is 0 Å². The summed E-state index contributed by atoms with van der Waals surface area (Å²) in [5, 5.41) is 0. The maximum Gasteiger partial charge on any atom is 0.236 e. The van der Waals surface area contributed by atoms with Crippen molar-refractivity contribution in [3.05, 3.63) is 36.4 Å². The SMILES string of the molecule is COc1ccc(-c2cnc(CN3CCN(CC(=O)N4CCOCC4)CC3)o2)cc1. The highest BCUT2D eigenvalue weighted by molar-refractivity contribution is 5.78. The second-order valence-electron chi connectivity index (χ2n) is 7.39. The molecule has 0 N–H and O–H groups in total. The van der Waals surface area contributed by atoms with Gasteiger partial charge < -0.3 is 18.8 Å². The van der Waals surface area contributed by atoms with Crippen molar-refractivity contribution in [3.63, 3.8) is 0 Å². The zero-order chi connectivity index (χ0) is 20.1. The summed E-state index contributed by atoms with van der Waals surface area (Å²) < 4.78 is 16.4. The van der Waals surface area contributed by atoms with Crippen LogP contribution in [0.25, 0.3) is 11.3 Å². The van der Waals surface area contributed by atoms with Gasteiger partial charge in [-0.2, -0.15) is 0 Å². The summed E-state index contributed by atoms with van der Waals surface area (Å²) in [6.07, 6.45) is 1.77. The fraction of sp³-hybridized carbons (Fsp3) is 0.524. The summed E-state index contributed by atoms with van der Waals surface area (Å²) in [7, 11) is 1.65. The largest absolute Gasteiger partial charge is 0.497 e. The summed E-state index contributed by atoms with van der Waals surface area (Å²) in [6.45, 7) is 7.44. The fourth-order valence-electron chi connectivity index (χ4n) is 3.67. The molecule has 0 bridgehead atoms. The topological polar surface area (TPSA) is 71.3 Å². The maximum atomic E-state index is 12.4. The molecule has 0 unspecified atom stereocenters. The highest BCUT2D eigenvalue weighted by Gasteiger charge is 2.23. The zero-order valence-electron chi connectivity index (χ0n) is 16.9. The minimum atomic E-state index is 0.207. The zero-order valence-corrected chi connectivity index (χ0v) is 16.9. The van der Waals surface area contributed by atoms with E-state index in [-0.39, 0.29) is 5.91 Å². The average Bonchev–Trinajstić information content (AvgIpc) is 3.24. The first-order valence-electron chi connectivity index (χ1n) is 10.1. The Morgan fingerprint density at radius 1 is 1.03 bits per heavy atom. The van der Waals surface area contributed by atoms with E-state index >= 15 is 0 Å². The Morgan fingerprint density at radius 3 is 2.41 bits per heavy atom. The Hall–Kier alpha value is -2.42. The van der Waals surface area contributed by atoms with E-state index in [1.807, 2.05) is 29.2 Å². The molecule has 8 nitrogen and oxygen atoms in total. The lowest BCUT2D eigenvalue weighted by atomic mass is 10.2. The van der Waals surface area contributed by atoms with Crippen LogP contribution in [0.15, 0.2) is 34.9 Å². The Morgan fingerprint density at radius 2 is 1.72 bits per heavy atom.